The van der Waals surface area contributed by atoms with Gasteiger partial charge in [0.2, 0.25) is 0 Å². The summed E-state index contributed by atoms with van der Waals surface area (Å²) in [5.74, 6) is 0.690. The average Bonchev–Trinajstić information content (AvgIpc) is 3.31. The third-order valence-corrected chi connectivity index (χ3v) is 7.03. The van der Waals surface area contributed by atoms with E-state index in [9.17, 15) is 10.1 Å². The predicted molar refractivity (Wildman–Crippen MR) is 129 cm³/mol. The summed E-state index contributed by atoms with van der Waals surface area (Å²) in [4.78, 5) is 12.7. The van der Waals surface area contributed by atoms with E-state index in [4.69, 9.17) is 10.5 Å². The van der Waals surface area contributed by atoms with Gasteiger partial charge in [-0.05, 0) is 24.8 Å². The molecule has 1 aromatic carbocycles. The van der Waals surface area contributed by atoms with Crippen LogP contribution >= 0.6 is 23.1 Å². The molecular weight excluding hydrogens is 442 g/mol. The standard InChI is InChI=1S/C23H27N5O2S2/c1-6-28-20(14-8-10-15(11-9-14)23(3,4)5)26-27-22(28)31-13-17-16(12-24)19(25)32-18(17)21(29)30-7-2/h8-11H,6-7,13,25H2,1-5H3. The molecule has 7 nitrogen and oxygen atoms in total. The number of nitrogens with two attached hydrogens (primary N) is 1. The summed E-state index contributed by atoms with van der Waals surface area (Å²) in [6.07, 6.45) is 0. The zero-order chi connectivity index (χ0) is 23.5. The van der Waals surface area contributed by atoms with Crippen LogP contribution in [0.4, 0.5) is 5.00 Å². The molecule has 32 heavy (non-hydrogen) atoms. The minimum Gasteiger partial charge on any atom is -0.462 e. The second kappa shape index (κ2) is 9.76. The van der Waals surface area contributed by atoms with Gasteiger partial charge in [-0.15, -0.1) is 21.5 Å². The lowest BCUT2D eigenvalue weighted by Gasteiger charge is -2.19. The minimum atomic E-state index is -0.460. The zero-order valence-corrected chi connectivity index (χ0v) is 20.6. The number of nitriles is 1. The number of thioether (sulfide) groups is 1. The predicted octanol–water partition coefficient (Wildman–Crippen LogP) is 5.25. The highest BCUT2D eigenvalue weighted by Gasteiger charge is 2.24. The Kier molecular flexibility index (Phi) is 7.26. The van der Waals surface area contributed by atoms with Crippen LogP contribution in [0.3, 0.4) is 0 Å². The molecule has 0 spiro atoms. The van der Waals surface area contributed by atoms with Crippen LogP contribution in [0.2, 0.25) is 0 Å². The van der Waals surface area contributed by atoms with E-state index in [0.29, 0.717) is 38.5 Å². The van der Waals surface area contributed by atoms with Crippen molar-refractivity contribution in [1.82, 2.24) is 14.8 Å². The van der Waals surface area contributed by atoms with Gasteiger partial charge in [0.15, 0.2) is 11.0 Å². The number of nitrogens with zero attached hydrogens (tertiary/aromatic N) is 4. The van der Waals surface area contributed by atoms with Crippen molar-refractivity contribution < 1.29 is 9.53 Å². The first-order valence-corrected chi connectivity index (χ1v) is 12.2. The van der Waals surface area contributed by atoms with Gasteiger partial charge in [-0.3, -0.25) is 0 Å². The molecule has 0 atom stereocenters. The molecule has 0 unspecified atom stereocenters. The highest BCUT2D eigenvalue weighted by Crippen LogP contribution is 2.36. The fraction of sp³-hybridized carbons (Fsp3) is 0.391. The first-order valence-electron chi connectivity index (χ1n) is 10.4. The number of carbonyl (C=O) groups is 1. The maximum atomic E-state index is 12.3. The molecule has 0 aliphatic carbocycles. The van der Waals surface area contributed by atoms with Crippen LogP contribution in [-0.4, -0.2) is 27.3 Å². The van der Waals surface area contributed by atoms with Crippen LogP contribution in [0.25, 0.3) is 11.4 Å². The van der Waals surface area contributed by atoms with E-state index < -0.39 is 5.97 Å². The quantitative estimate of drug-likeness (QED) is 0.372. The number of nitrogen functional groups attached to an aromatic ring is 1. The number of rotatable bonds is 7. The number of anilines is 1. The van der Waals surface area contributed by atoms with Crippen molar-refractivity contribution in [3.8, 4) is 17.5 Å². The summed E-state index contributed by atoms with van der Waals surface area (Å²) >= 11 is 2.51. The number of esters is 1. The van der Waals surface area contributed by atoms with Gasteiger partial charge in [0, 0.05) is 23.4 Å². The largest absolute Gasteiger partial charge is 0.462 e. The van der Waals surface area contributed by atoms with E-state index in [1.807, 2.05) is 11.5 Å². The summed E-state index contributed by atoms with van der Waals surface area (Å²) in [6.45, 7) is 11.3. The highest BCUT2D eigenvalue weighted by molar-refractivity contribution is 7.98. The molecule has 3 aromatic rings. The molecule has 9 heteroatoms. The smallest absolute Gasteiger partial charge is 0.348 e. The lowest BCUT2D eigenvalue weighted by atomic mass is 9.87. The Morgan fingerprint density at radius 3 is 2.50 bits per heavy atom. The molecule has 0 fully saturated rings. The van der Waals surface area contributed by atoms with Gasteiger partial charge >= 0.3 is 5.97 Å². The Morgan fingerprint density at radius 1 is 1.25 bits per heavy atom. The summed E-state index contributed by atoms with van der Waals surface area (Å²) in [5.41, 5.74) is 9.21. The molecule has 0 aliphatic heterocycles. The second-order valence-corrected chi connectivity index (χ2v) is 10.1. The van der Waals surface area contributed by atoms with E-state index in [-0.39, 0.29) is 12.0 Å². The number of thiophene rings is 1. The third-order valence-electron chi connectivity index (χ3n) is 4.99. The van der Waals surface area contributed by atoms with Gasteiger partial charge in [0.05, 0.1) is 12.2 Å². The molecular formula is C23H27N5O2S2. The van der Waals surface area contributed by atoms with Gasteiger partial charge in [0.25, 0.3) is 0 Å². The van der Waals surface area contributed by atoms with E-state index in [2.05, 4.69) is 61.3 Å². The molecule has 0 aliphatic rings. The van der Waals surface area contributed by atoms with Crippen molar-refractivity contribution in [1.29, 1.82) is 5.26 Å². The van der Waals surface area contributed by atoms with Crippen molar-refractivity contribution in [2.75, 3.05) is 12.3 Å². The van der Waals surface area contributed by atoms with Gasteiger partial charge in [-0.25, -0.2) is 4.79 Å². The molecule has 0 saturated carbocycles. The second-order valence-electron chi connectivity index (χ2n) is 8.15. The number of ether oxygens (including phenoxy) is 1. The summed E-state index contributed by atoms with van der Waals surface area (Å²) in [6, 6.07) is 10.5. The zero-order valence-electron chi connectivity index (χ0n) is 18.9. The number of benzene rings is 1. The van der Waals surface area contributed by atoms with E-state index in [0.717, 1.165) is 22.7 Å². The lowest BCUT2D eigenvalue weighted by Crippen LogP contribution is -2.10. The Balaban J connectivity index is 1.89. The number of carbonyl (C=O) groups excluding carboxylic acids is 1. The number of aromatic nitrogens is 3. The maximum absolute atomic E-state index is 12.3. The molecule has 168 valence electrons. The molecule has 0 radical (unpaired) electrons. The van der Waals surface area contributed by atoms with Gasteiger partial charge in [-0.2, -0.15) is 5.26 Å². The summed E-state index contributed by atoms with van der Waals surface area (Å²) in [5, 5.41) is 19.4. The fourth-order valence-electron chi connectivity index (χ4n) is 3.26. The van der Waals surface area contributed by atoms with Gasteiger partial charge in [0.1, 0.15) is 15.9 Å². The van der Waals surface area contributed by atoms with E-state index >= 15 is 0 Å². The maximum Gasteiger partial charge on any atom is 0.348 e. The van der Waals surface area contributed by atoms with Crippen molar-refractivity contribution >= 4 is 34.1 Å². The summed E-state index contributed by atoms with van der Waals surface area (Å²) < 4.78 is 7.17. The molecule has 2 heterocycles. The van der Waals surface area contributed by atoms with Crippen LogP contribution in [0, 0.1) is 11.3 Å². The third kappa shape index (κ3) is 4.81. The summed E-state index contributed by atoms with van der Waals surface area (Å²) in [7, 11) is 0. The van der Waals surface area contributed by atoms with Crippen molar-refractivity contribution in [3.05, 3.63) is 45.8 Å². The van der Waals surface area contributed by atoms with Crippen molar-refractivity contribution in [3.63, 3.8) is 0 Å². The molecule has 3 rings (SSSR count). The number of hydrogen-bond acceptors (Lipinski definition) is 8. The Bertz CT molecular complexity index is 1150. The Labute approximate surface area is 196 Å². The molecule has 0 saturated heterocycles. The van der Waals surface area contributed by atoms with Crippen LogP contribution < -0.4 is 5.73 Å². The van der Waals surface area contributed by atoms with Crippen LogP contribution in [0.15, 0.2) is 29.4 Å². The normalized spacial score (nSPS) is 11.4. The molecule has 2 aromatic heterocycles. The van der Waals surface area contributed by atoms with Crippen LogP contribution in [0.5, 0.6) is 0 Å². The lowest BCUT2D eigenvalue weighted by molar-refractivity contribution is 0.0531. The van der Waals surface area contributed by atoms with E-state index in [1.54, 1.807) is 6.92 Å². The van der Waals surface area contributed by atoms with Crippen molar-refractivity contribution in [2.45, 2.75) is 57.5 Å². The molecule has 0 bridgehead atoms. The number of hydrogen-bond donors (Lipinski definition) is 1. The van der Waals surface area contributed by atoms with E-state index in [1.165, 1.54) is 17.3 Å². The SMILES string of the molecule is CCOC(=O)c1sc(N)c(C#N)c1CSc1nnc(-c2ccc(C(C)(C)C)cc2)n1CC. The van der Waals surface area contributed by atoms with Crippen LogP contribution in [0.1, 0.15) is 61.0 Å². The van der Waals surface area contributed by atoms with Crippen LogP contribution in [-0.2, 0) is 22.4 Å². The van der Waals surface area contributed by atoms with Crippen molar-refractivity contribution in [2.24, 2.45) is 0 Å². The topological polar surface area (TPSA) is 107 Å². The Hall–Kier alpha value is -2.83. The Morgan fingerprint density at radius 2 is 1.94 bits per heavy atom. The van der Waals surface area contributed by atoms with Gasteiger partial charge < -0.3 is 15.0 Å². The first-order chi connectivity index (χ1) is 15.2. The first kappa shape index (κ1) is 23.8. The molecule has 0 amide bonds. The average molecular weight is 470 g/mol. The molecule has 2 N–H and O–H groups in total. The monoisotopic (exact) mass is 469 g/mol. The fourth-order valence-corrected chi connectivity index (χ4v) is 5.31. The minimum absolute atomic E-state index is 0.0788. The van der Waals surface area contributed by atoms with Gasteiger partial charge in [-0.1, -0.05) is 56.8 Å². The highest BCUT2D eigenvalue weighted by atomic mass is 32.2.